The second-order valence-electron chi connectivity index (χ2n) is 5.09. The molecule has 0 aromatic carbocycles. The maximum absolute atomic E-state index is 10.9. The molecule has 0 aromatic heterocycles. The first-order valence-electron chi connectivity index (χ1n) is 5.53. The molecular formula is C12H24O2. The smallest absolute Gasteiger partial charge is 0.305 e. The van der Waals surface area contributed by atoms with Gasteiger partial charge in [0.1, 0.15) is 0 Å². The zero-order chi connectivity index (χ0) is 11.2. The molecule has 0 spiro atoms. The summed E-state index contributed by atoms with van der Waals surface area (Å²) < 4.78 is 5.07. The molecule has 0 aliphatic heterocycles. The molecule has 2 nitrogen and oxygen atoms in total. The molecule has 0 aromatic rings. The average Bonchev–Trinajstić information content (AvgIpc) is 2.01. The molecule has 0 N–H and O–H groups in total. The minimum atomic E-state index is -0.0923. The number of hydrogen-bond donors (Lipinski definition) is 0. The minimum Gasteiger partial charge on any atom is -0.466 e. The molecule has 0 atom stereocenters. The van der Waals surface area contributed by atoms with Gasteiger partial charge in [-0.1, -0.05) is 34.6 Å². The lowest BCUT2D eigenvalue weighted by atomic mass is 9.81. The predicted molar refractivity (Wildman–Crippen MR) is 59.1 cm³/mol. The second kappa shape index (κ2) is 6.05. The first-order chi connectivity index (χ1) is 6.37. The second-order valence-corrected chi connectivity index (χ2v) is 5.09. The fourth-order valence-electron chi connectivity index (χ4n) is 1.75. The van der Waals surface area contributed by atoms with Gasteiger partial charge in [-0.25, -0.2) is 0 Å². The van der Waals surface area contributed by atoms with Crippen molar-refractivity contribution in [1.82, 2.24) is 0 Å². The molecule has 0 fully saturated rings. The highest BCUT2D eigenvalue weighted by atomic mass is 16.5. The van der Waals surface area contributed by atoms with E-state index in [1.54, 1.807) is 0 Å². The molecule has 0 rings (SSSR count). The van der Waals surface area contributed by atoms with Crippen molar-refractivity contribution in [3.8, 4) is 0 Å². The summed E-state index contributed by atoms with van der Waals surface area (Å²) in [5.41, 5.74) is 0.280. The van der Waals surface area contributed by atoms with Crippen LogP contribution in [-0.4, -0.2) is 12.6 Å². The molecule has 0 unspecified atom stereocenters. The van der Waals surface area contributed by atoms with E-state index in [2.05, 4.69) is 27.7 Å². The Labute approximate surface area is 88.0 Å². The van der Waals surface area contributed by atoms with Gasteiger partial charge in [-0.05, 0) is 24.2 Å². The van der Waals surface area contributed by atoms with Crippen LogP contribution in [-0.2, 0) is 9.53 Å². The predicted octanol–water partition coefficient (Wildman–Crippen LogP) is 3.40. The van der Waals surface area contributed by atoms with Crippen molar-refractivity contribution in [1.29, 1.82) is 0 Å². The van der Waals surface area contributed by atoms with Gasteiger partial charge in [0.15, 0.2) is 0 Å². The van der Waals surface area contributed by atoms with Gasteiger partial charge >= 0.3 is 5.97 Å². The number of esters is 1. The van der Waals surface area contributed by atoms with Gasteiger partial charge in [0.05, 0.1) is 6.61 Å². The molecule has 0 aliphatic rings. The van der Waals surface area contributed by atoms with Gasteiger partial charge in [-0.2, -0.15) is 0 Å². The molecule has 2 heteroatoms. The highest BCUT2D eigenvalue weighted by Crippen LogP contribution is 2.28. The topological polar surface area (TPSA) is 26.3 Å². The lowest BCUT2D eigenvalue weighted by Gasteiger charge is -2.26. The van der Waals surface area contributed by atoms with Crippen LogP contribution >= 0.6 is 0 Å². The molecular weight excluding hydrogens is 176 g/mol. The van der Waals surface area contributed by atoms with Crippen molar-refractivity contribution in [2.24, 2.45) is 11.3 Å². The van der Waals surface area contributed by atoms with Crippen LogP contribution in [0.2, 0.25) is 0 Å². The summed E-state index contributed by atoms with van der Waals surface area (Å²) in [5.74, 6) is 0.609. The standard InChI is InChI=1S/C12H24O2/c1-6-11(13)14-8-7-12(4,5)9-10(2)3/h10H,6-9H2,1-5H3. The van der Waals surface area contributed by atoms with E-state index in [4.69, 9.17) is 4.74 Å². The van der Waals surface area contributed by atoms with Crippen molar-refractivity contribution >= 4 is 5.97 Å². The number of carbonyl (C=O) groups excluding carboxylic acids is 1. The van der Waals surface area contributed by atoms with Crippen molar-refractivity contribution in [3.05, 3.63) is 0 Å². The summed E-state index contributed by atoms with van der Waals surface area (Å²) in [7, 11) is 0. The molecule has 0 radical (unpaired) electrons. The first kappa shape index (κ1) is 13.5. The molecule has 0 amide bonds. The van der Waals surface area contributed by atoms with Crippen molar-refractivity contribution in [2.75, 3.05) is 6.61 Å². The molecule has 14 heavy (non-hydrogen) atoms. The van der Waals surface area contributed by atoms with Crippen LogP contribution in [0, 0.1) is 11.3 Å². The van der Waals surface area contributed by atoms with E-state index in [-0.39, 0.29) is 11.4 Å². The first-order valence-corrected chi connectivity index (χ1v) is 5.53. The van der Waals surface area contributed by atoms with Crippen LogP contribution in [0.5, 0.6) is 0 Å². The van der Waals surface area contributed by atoms with E-state index in [0.717, 1.165) is 6.42 Å². The van der Waals surface area contributed by atoms with E-state index >= 15 is 0 Å². The number of carbonyl (C=O) groups is 1. The van der Waals surface area contributed by atoms with Crippen molar-refractivity contribution in [3.63, 3.8) is 0 Å². The van der Waals surface area contributed by atoms with Gasteiger partial charge in [-0.3, -0.25) is 4.79 Å². The Hall–Kier alpha value is -0.530. The van der Waals surface area contributed by atoms with Crippen LogP contribution in [0.15, 0.2) is 0 Å². The third kappa shape index (κ3) is 6.93. The molecule has 0 saturated carbocycles. The third-order valence-corrected chi connectivity index (χ3v) is 2.29. The highest BCUT2D eigenvalue weighted by Gasteiger charge is 2.19. The van der Waals surface area contributed by atoms with Gasteiger partial charge < -0.3 is 4.74 Å². The molecule has 0 bridgehead atoms. The van der Waals surface area contributed by atoms with Crippen molar-refractivity contribution < 1.29 is 9.53 Å². The SMILES string of the molecule is CCC(=O)OCCC(C)(C)CC(C)C. The van der Waals surface area contributed by atoms with Gasteiger partial charge in [0.2, 0.25) is 0 Å². The Balaban J connectivity index is 3.70. The highest BCUT2D eigenvalue weighted by molar-refractivity contribution is 5.68. The maximum atomic E-state index is 10.9. The monoisotopic (exact) mass is 200 g/mol. The van der Waals surface area contributed by atoms with E-state index in [9.17, 15) is 4.79 Å². The van der Waals surface area contributed by atoms with Crippen LogP contribution < -0.4 is 0 Å². The Morgan fingerprint density at radius 3 is 2.36 bits per heavy atom. The average molecular weight is 200 g/mol. The number of rotatable bonds is 6. The number of ether oxygens (including phenoxy) is 1. The summed E-state index contributed by atoms with van der Waals surface area (Å²) >= 11 is 0. The molecule has 84 valence electrons. The lowest BCUT2D eigenvalue weighted by molar-refractivity contribution is -0.143. The van der Waals surface area contributed by atoms with Gasteiger partial charge in [-0.15, -0.1) is 0 Å². The Bertz CT molecular complexity index is 171. The number of hydrogen-bond acceptors (Lipinski definition) is 2. The normalized spacial score (nSPS) is 11.9. The lowest BCUT2D eigenvalue weighted by Crippen LogP contribution is -2.18. The summed E-state index contributed by atoms with van der Waals surface area (Å²) in [6.45, 7) is 11.3. The fraction of sp³-hybridized carbons (Fsp3) is 0.917. The molecule has 0 saturated heterocycles. The Kier molecular flexibility index (Phi) is 5.82. The van der Waals surface area contributed by atoms with E-state index in [1.165, 1.54) is 6.42 Å². The van der Waals surface area contributed by atoms with E-state index < -0.39 is 0 Å². The molecule has 0 aliphatic carbocycles. The van der Waals surface area contributed by atoms with Crippen LogP contribution in [0.25, 0.3) is 0 Å². The zero-order valence-corrected chi connectivity index (χ0v) is 10.2. The van der Waals surface area contributed by atoms with E-state index in [1.807, 2.05) is 6.92 Å². The minimum absolute atomic E-state index is 0.0923. The largest absolute Gasteiger partial charge is 0.466 e. The summed E-state index contributed by atoms with van der Waals surface area (Å²) in [4.78, 5) is 10.9. The molecule has 0 heterocycles. The third-order valence-electron chi connectivity index (χ3n) is 2.29. The summed E-state index contributed by atoms with van der Waals surface area (Å²) in [5, 5.41) is 0. The van der Waals surface area contributed by atoms with Gasteiger partial charge in [0.25, 0.3) is 0 Å². The summed E-state index contributed by atoms with van der Waals surface area (Å²) in [6.07, 6.45) is 2.61. The fourth-order valence-corrected chi connectivity index (χ4v) is 1.75. The van der Waals surface area contributed by atoms with Crippen molar-refractivity contribution in [2.45, 2.75) is 53.9 Å². The summed E-state index contributed by atoms with van der Waals surface area (Å²) in [6, 6.07) is 0. The quantitative estimate of drug-likeness (QED) is 0.614. The Morgan fingerprint density at radius 1 is 1.36 bits per heavy atom. The van der Waals surface area contributed by atoms with Crippen LogP contribution in [0.4, 0.5) is 0 Å². The van der Waals surface area contributed by atoms with E-state index in [0.29, 0.717) is 18.9 Å². The Morgan fingerprint density at radius 2 is 1.93 bits per heavy atom. The van der Waals surface area contributed by atoms with Gasteiger partial charge in [0, 0.05) is 6.42 Å². The zero-order valence-electron chi connectivity index (χ0n) is 10.2. The van der Waals surface area contributed by atoms with Crippen LogP contribution in [0.1, 0.15) is 53.9 Å². The maximum Gasteiger partial charge on any atom is 0.305 e. The van der Waals surface area contributed by atoms with Crippen LogP contribution in [0.3, 0.4) is 0 Å².